The molecule has 2 aliphatic rings. The Hall–Kier alpha value is -1.76. The molecule has 0 saturated carbocycles. The predicted octanol–water partition coefficient (Wildman–Crippen LogP) is 0.777. The smallest absolute Gasteiger partial charge is 0.224 e. The van der Waals surface area contributed by atoms with Crippen LogP contribution in [0.5, 0.6) is 0 Å². The summed E-state index contributed by atoms with van der Waals surface area (Å²) < 4.78 is 23.4. The number of nitrogens with one attached hydrogen (secondary N) is 1. The first-order valence-electron chi connectivity index (χ1n) is 7.05. The van der Waals surface area contributed by atoms with Gasteiger partial charge in [0.15, 0.2) is 9.84 Å². The van der Waals surface area contributed by atoms with Gasteiger partial charge in [0, 0.05) is 24.7 Å². The van der Waals surface area contributed by atoms with Crippen molar-refractivity contribution in [1.82, 2.24) is 0 Å². The first-order chi connectivity index (χ1) is 9.85. The van der Waals surface area contributed by atoms with E-state index in [1.165, 1.54) is 0 Å². The van der Waals surface area contributed by atoms with E-state index in [0.29, 0.717) is 25.1 Å². The number of carbonyl (C=O) groups excluding carboxylic acids is 1. The maximum absolute atomic E-state index is 11.7. The Morgan fingerprint density at radius 2 is 2.10 bits per heavy atom. The highest BCUT2D eigenvalue weighted by molar-refractivity contribution is 7.91. The fourth-order valence-corrected chi connectivity index (χ4v) is 4.60. The number of hydrogen-bond acceptors (Lipinski definition) is 5. The fourth-order valence-electron chi connectivity index (χ4n) is 3.04. The van der Waals surface area contributed by atoms with Gasteiger partial charge in [-0.3, -0.25) is 4.79 Å². The van der Waals surface area contributed by atoms with E-state index in [0.717, 1.165) is 16.9 Å². The molecule has 1 saturated heterocycles. The lowest BCUT2D eigenvalue weighted by Crippen LogP contribution is -2.47. The number of aryl methyl sites for hydroxylation is 1. The Morgan fingerprint density at radius 3 is 2.81 bits per heavy atom. The molecule has 1 fully saturated rings. The van der Waals surface area contributed by atoms with E-state index in [1.54, 1.807) is 0 Å². The number of carbonyl (C=O) groups is 1. The topological polar surface area (TPSA) is 92.5 Å². The lowest BCUT2D eigenvalue weighted by molar-refractivity contribution is -0.116. The summed E-state index contributed by atoms with van der Waals surface area (Å²) in [6, 6.07) is 3.64. The van der Waals surface area contributed by atoms with Crippen LogP contribution in [0.4, 0.5) is 17.1 Å². The van der Waals surface area contributed by atoms with E-state index in [1.807, 2.05) is 24.0 Å². The highest BCUT2D eigenvalue weighted by Gasteiger charge is 2.30. The summed E-state index contributed by atoms with van der Waals surface area (Å²) in [6.45, 7) is 2.31. The van der Waals surface area contributed by atoms with Crippen molar-refractivity contribution in [2.75, 3.05) is 34.0 Å². The molecule has 2 heterocycles. The minimum absolute atomic E-state index is 0.00694. The zero-order valence-electron chi connectivity index (χ0n) is 11.9. The molecule has 1 aromatic carbocycles. The molecule has 7 heteroatoms. The number of fused-ring (bicyclic) bond motifs is 1. The van der Waals surface area contributed by atoms with Gasteiger partial charge in [-0.2, -0.15) is 0 Å². The van der Waals surface area contributed by atoms with Gasteiger partial charge in [-0.15, -0.1) is 0 Å². The molecular formula is C14H19N3O3S. The number of anilines is 3. The summed E-state index contributed by atoms with van der Waals surface area (Å²) in [5, 5.41) is 2.86. The number of nitrogens with two attached hydrogens (primary N) is 1. The summed E-state index contributed by atoms with van der Waals surface area (Å²) in [6.07, 6.45) is 1.17. The third-order valence-electron chi connectivity index (χ3n) is 4.13. The summed E-state index contributed by atoms with van der Waals surface area (Å²) in [5.74, 6) is 0.281. The van der Waals surface area contributed by atoms with Crippen LogP contribution < -0.4 is 16.0 Å². The molecule has 2 aliphatic heterocycles. The van der Waals surface area contributed by atoms with Crippen LogP contribution in [0, 0.1) is 0 Å². The predicted molar refractivity (Wildman–Crippen MR) is 83.3 cm³/mol. The second kappa shape index (κ2) is 4.91. The number of hydrogen-bond donors (Lipinski definition) is 2. The van der Waals surface area contributed by atoms with Crippen molar-refractivity contribution in [2.24, 2.45) is 0 Å². The molecule has 6 nitrogen and oxygen atoms in total. The Labute approximate surface area is 124 Å². The van der Waals surface area contributed by atoms with Gasteiger partial charge in [-0.25, -0.2) is 8.42 Å². The molecule has 0 aromatic heterocycles. The summed E-state index contributed by atoms with van der Waals surface area (Å²) in [7, 11) is -2.96. The molecule has 21 heavy (non-hydrogen) atoms. The molecule has 1 aromatic rings. The summed E-state index contributed by atoms with van der Waals surface area (Å²) in [5.41, 5.74) is 9.40. The lowest BCUT2D eigenvalue weighted by atomic mass is 10.0. The number of amides is 1. The van der Waals surface area contributed by atoms with Crippen molar-refractivity contribution < 1.29 is 13.2 Å². The van der Waals surface area contributed by atoms with Crippen molar-refractivity contribution in [3.63, 3.8) is 0 Å². The van der Waals surface area contributed by atoms with E-state index >= 15 is 0 Å². The molecular weight excluding hydrogens is 290 g/mol. The van der Waals surface area contributed by atoms with Gasteiger partial charge in [0.2, 0.25) is 5.91 Å². The van der Waals surface area contributed by atoms with E-state index in [-0.39, 0.29) is 23.5 Å². The number of nitrogens with zero attached hydrogens (tertiary/aromatic N) is 1. The van der Waals surface area contributed by atoms with Crippen molar-refractivity contribution in [3.05, 3.63) is 17.7 Å². The number of rotatable bonds is 1. The fraction of sp³-hybridized carbons (Fsp3) is 0.500. The van der Waals surface area contributed by atoms with Crippen LogP contribution in [0.3, 0.4) is 0 Å². The first-order valence-corrected chi connectivity index (χ1v) is 8.87. The van der Waals surface area contributed by atoms with Gasteiger partial charge in [-0.05, 0) is 31.0 Å². The van der Waals surface area contributed by atoms with Crippen molar-refractivity contribution >= 4 is 32.8 Å². The van der Waals surface area contributed by atoms with Crippen LogP contribution in [0.25, 0.3) is 0 Å². The maximum atomic E-state index is 11.7. The molecule has 1 amide bonds. The molecule has 114 valence electrons. The van der Waals surface area contributed by atoms with E-state index in [4.69, 9.17) is 5.73 Å². The van der Waals surface area contributed by atoms with Gasteiger partial charge in [0.25, 0.3) is 0 Å². The summed E-state index contributed by atoms with van der Waals surface area (Å²) in [4.78, 5) is 13.5. The lowest BCUT2D eigenvalue weighted by Gasteiger charge is -2.36. The van der Waals surface area contributed by atoms with Crippen LogP contribution in [0.1, 0.15) is 18.9 Å². The largest absolute Gasteiger partial charge is 0.397 e. The van der Waals surface area contributed by atoms with Crippen LogP contribution >= 0.6 is 0 Å². The second-order valence-corrected chi connectivity index (χ2v) is 8.00. The Balaban J connectivity index is 1.96. The Morgan fingerprint density at radius 1 is 1.33 bits per heavy atom. The number of benzene rings is 1. The standard InChI is InChI=1S/C14H19N3O3S/c1-9-8-21(19,20)5-4-17(9)13-7-12-10(6-11(13)15)2-3-14(18)16-12/h6-7,9H,2-5,8,15H2,1H3,(H,16,18). The normalized spacial score (nSPS) is 24.3. The molecule has 1 unspecified atom stereocenters. The van der Waals surface area contributed by atoms with Crippen molar-refractivity contribution in [2.45, 2.75) is 25.8 Å². The van der Waals surface area contributed by atoms with Gasteiger partial charge in [0.05, 0.1) is 22.9 Å². The minimum Gasteiger partial charge on any atom is -0.397 e. The van der Waals surface area contributed by atoms with Crippen LogP contribution in [-0.2, 0) is 21.1 Å². The zero-order chi connectivity index (χ0) is 15.2. The average Bonchev–Trinajstić information content (AvgIpc) is 2.38. The van der Waals surface area contributed by atoms with Gasteiger partial charge in [0.1, 0.15) is 0 Å². The number of nitrogen functional groups attached to an aromatic ring is 1. The molecule has 0 spiro atoms. The monoisotopic (exact) mass is 309 g/mol. The van der Waals surface area contributed by atoms with Crippen LogP contribution in [-0.4, -0.2) is 38.4 Å². The first kappa shape index (κ1) is 14.2. The molecule has 3 rings (SSSR count). The van der Waals surface area contributed by atoms with Crippen LogP contribution in [0.2, 0.25) is 0 Å². The second-order valence-electron chi connectivity index (χ2n) is 5.77. The molecule has 0 bridgehead atoms. The highest BCUT2D eigenvalue weighted by Crippen LogP contribution is 2.35. The molecule has 3 N–H and O–H groups in total. The molecule has 0 aliphatic carbocycles. The van der Waals surface area contributed by atoms with Crippen molar-refractivity contribution in [3.8, 4) is 0 Å². The zero-order valence-corrected chi connectivity index (χ0v) is 12.7. The quantitative estimate of drug-likeness (QED) is 0.748. The third kappa shape index (κ3) is 2.70. The summed E-state index contributed by atoms with van der Waals surface area (Å²) >= 11 is 0. The Kier molecular flexibility index (Phi) is 3.32. The van der Waals surface area contributed by atoms with Crippen molar-refractivity contribution in [1.29, 1.82) is 0 Å². The third-order valence-corrected chi connectivity index (χ3v) is 5.92. The van der Waals surface area contributed by atoms with E-state index in [9.17, 15) is 13.2 Å². The van der Waals surface area contributed by atoms with E-state index < -0.39 is 9.84 Å². The average molecular weight is 309 g/mol. The number of sulfone groups is 1. The molecule has 0 radical (unpaired) electrons. The van der Waals surface area contributed by atoms with E-state index in [2.05, 4.69) is 5.32 Å². The van der Waals surface area contributed by atoms with Gasteiger partial charge < -0.3 is 16.0 Å². The van der Waals surface area contributed by atoms with Crippen LogP contribution in [0.15, 0.2) is 12.1 Å². The Bertz CT molecular complexity index is 700. The van der Waals surface area contributed by atoms with Gasteiger partial charge >= 0.3 is 0 Å². The maximum Gasteiger partial charge on any atom is 0.224 e. The minimum atomic E-state index is -2.96. The SMILES string of the molecule is CC1CS(=O)(=O)CCN1c1cc2c(cc1N)CCC(=O)N2. The molecule has 1 atom stereocenters. The van der Waals surface area contributed by atoms with Gasteiger partial charge in [-0.1, -0.05) is 0 Å². The highest BCUT2D eigenvalue weighted by atomic mass is 32.2.